The van der Waals surface area contributed by atoms with Gasteiger partial charge in [-0.25, -0.2) is 0 Å². The maximum atomic E-state index is 13.3. The summed E-state index contributed by atoms with van der Waals surface area (Å²) in [5.74, 6) is -52.3. The topological polar surface area (TPSA) is 6.25 Å². The van der Waals surface area contributed by atoms with E-state index in [1.807, 2.05) is 12.6 Å². The Balaban J connectivity index is 6.96. The van der Waals surface area contributed by atoms with Crippen molar-refractivity contribution in [3.63, 3.8) is 0 Å². The van der Waals surface area contributed by atoms with Crippen molar-refractivity contribution < 1.29 is 92.9 Å². The van der Waals surface area contributed by atoms with E-state index in [1.54, 1.807) is 0 Å². The van der Waals surface area contributed by atoms with Crippen LogP contribution in [0.4, 0.5) is 88.1 Å². The van der Waals surface area contributed by atoms with Gasteiger partial charge in [0, 0.05) is 18.2 Å². The van der Waals surface area contributed by atoms with Gasteiger partial charge in [-0.15, -0.1) is 0 Å². The molecule has 0 unspecified atom stereocenters. The Morgan fingerprint density at radius 1 is 0.500 bits per heavy atom. The maximum Gasteiger partial charge on any atom is 0.499 e. The Bertz CT molecular complexity index is 734. The van der Waals surface area contributed by atoms with E-state index in [2.05, 4.69) is 0 Å². The predicted octanol–water partition coefficient (Wildman–Crippen LogP) is 6.21. The lowest BCUT2D eigenvalue weighted by molar-refractivity contribution is -0.837. The Morgan fingerprint density at radius 3 is 1.00 bits per heavy atom. The zero-order valence-electron chi connectivity index (χ0n) is 13.4. The fourth-order valence-corrected chi connectivity index (χ4v) is 1.60. The van der Waals surface area contributed by atoms with E-state index < -0.39 is 63.1 Å². The summed E-state index contributed by atoms with van der Waals surface area (Å²) >= 11 is 1.99. The van der Waals surface area contributed by atoms with E-state index in [0.717, 1.165) is 0 Å². The molecule has 0 fully saturated rings. The monoisotopic (exact) mass is 549 g/mol. The van der Waals surface area contributed by atoms with Crippen LogP contribution in [0.1, 0.15) is 0 Å². The van der Waals surface area contributed by atoms with E-state index in [9.17, 15) is 88.1 Å². The molecule has 23 heteroatoms. The molecule has 0 saturated heterocycles. The summed E-state index contributed by atoms with van der Waals surface area (Å²) in [5.41, 5.74) is 0. The van der Waals surface area contributed by atoms with Gasteiger partial charge in [-0.05, 0) is 12.6 Å². The van der Waals surface area contributed by atoms with Crippen LogP contribution in [0.15, 0.2) is 0 Å². The summed E-state index contributed by atoms with van der Waals surface area (Å²) in [6.45, 7) is 0. The SMILES string of the molecule is FN(F)C(S)=[N+](F)C(F)(F)C(F)(F)C(F)(F)C(F)(F)C(F)(F)C(F)(F)C(F)(F)C(F)(F)F. The second-order valence-electron chi connectivity index (χ2n) is 5.30. The first-order valence-corrected chi connectivity index (χ1v) is 6.81. The van der Waals surface area contributed by atoms with Crippen molar-refractivity contribution in [2.24, 2.45) is 0 Å². The Kier molecular flexibility index (Phi) is 7.35. The summed E-state index contributed by atoms with van der Waals surface area (Å²) in [4.78, 5) is -3.55. The smallest absolute Gasteiger partial charge is 0.192 e. The second-order valence-corrected chi connectivity index (χ2v) is 5.70. The molecule has 32 heavy (non-hydrogen) atoms. The lowest BCUT2D eigenvalue weighted by Gasteiger charge is -2.41. The highest BCUT2D eigenvalue weighted by Crippen LogP contribution is 2.64. The van der Waals surface area contributed by atoms with Crippen LogP contribution < -0.4 is 0 Å². The molecule has 0 saturated carbocycles. The minimum Gasteiger partial charge on any atom is -0.192 e. The first kappa shape index (κ1) is 30.4. The maximum absolute atomic E-state index is 13.3. The Morgan fingerprint density at radius 2 is 0.750 bits per heavy atom. The lowest BCUT2D eigenvalue weighted by atomic mass is 9.90. The average molecular weight is 549 g/mol. The van der Waals surface area contributed by atoms with E-state index in [-0.39, 0.29) is 0 Å². The number of amidine groups is 1. The van der Waals surface area contributed by atoms with Gasteiger partial charge >= 0.3 is 52.9 Å². The molecule has 0 amide bonds. The number of alkyl halides is 17. The highest BCUT2D eigenvalue weighted by molar-refractivity contribution is 7.96. The molecule has 192 valence electrons. The third-order valence-electron chi connectivity index (χ3n) is 3.28. The summed E-state index contributed by atoms with van der Waals surface area (Å²) in [7, 11) is 0. The zero-order chi connectivity index (χ0) is 26.7. The molecule has 0 spiro atoms. The molecule has 0 atom stereocenters. The van der Waals surface area contributed by atoms with Gasteiger partial charge in [0.2, 0.25) is 0 Å². The van der Waals surface area contributed by atoms with Crippen LogP contribution in [0, 0.1) is 0 Å². The summed E-state index contributed by atoms with van der Waals surface area (Å²) in [6, 6.07) is -7.81. The van der Waals surface area contributed by atoms with Gasteiger partial charge in [-0.2, -0.15) is 74.6 Å². The van der Waals surface area contributed by atoms with Gasteiger partial charge in [0.1, 0.15) is 5.34 Å². The number of thiol groups is 1. The van der Waals surface area contributed by atoms with E-state index in [0.29, 0.717) is 0 Å². The number of rotatable bonds is 7. The van der Waals surface area contributed by atoms with Crippen molar-refractivity contribution in [2.45, 2.75) is 47.8 Å². The molecule has 0 aromatic rings. The average Bonchev–Trinajstić information content (AvgIpc) is 2.57. The molecule has 0 heterocycles. The molecular formula is C9HF20N2S+. The summed E-state index contributed by atoms with van der Waals surface area (Å²) < 4.78 is 255. The Labute approximate surface area is 165 Å². The van der Waals surface area contributed by atoms with Crippen LogP contribution in [0.3, 0.4) is 0 Å². The van der Waals surface area contributed by atoms with Crippen molar-refractivity contribution in [3.8, 4) is 0 Å². The van der Waals surface area contributed by atoms with Crippen LogP contribution in [-0.4, -0.2) is 63.1 Å². The molecule has 0 bridgehead atoms. The fraction of sp³-hybridized carbons (Fsp3) is 0.889. The summed E-state index contributed by atoms with van der Waals surface area (Å²) in [5, 5.41) is -6.44. The van der Waals surface area contributed by atoms with Crippen molar-refractivity contribution in [3.05, 3.63) is 0 Å². The highest BCUT2D eigenvalue weighted by Gasteiger charge is 2.96. The number of hydrogen-bond donors (Lipinski definition) is 1. The van der Waals surface area contributed by atoms with Crippen molar-refractivity contribution >= 4 is 17.8 Å². The predicted molar refractivity (Wildman–Crippen MR) is 60.1 cm³/mol. The normalized spacial score (nSPS) is 16.8. The van der Waals surface area contributed by atoms with Gasteiger partial charge in [0.25, 0.3) is 0 Å². The summed E-state index contributed by atoms with van der Waals surface area (Å²) in [6.07, 6.45) is -7.92. The van der Waals surface area contributed by atoms with E-state index in [4.69, 9.17) is 0 Å². The fourth-order valence-electron chi connectivity index (χ4n) is 1.47. The number of nitrogens with zero attached hydrogens (tertiary/aromatic N) is 2. The third kappa shape index (κ3) is 3.76. The van der Waals surface area contributed by atoms with Crippen LogP contribution in [-0.2, 0) is 0 Å². The van der Waals surface area contributed by atoms with E-state index >= 15 is 0 Å². The molecule has 0 aromatic heterocycles. The standard InChI is InChI=1S/C9F20N2S/c10-2(11,4(14,15)6(18,19)8(22,23)24)3(12,13)5(16,17)7(20,21)9(25,26)30(27)1(32)31(28)29/p+1. The van der Waals surface area contributed by atoms with Crippen LogP contribution >= 0.6 is 12.6 Å². The second kappa shape index (κ2) is 7.74. The molecule has 2 nitrogen and oxygen atoms in total. The third-order valence-corrected chi connectivity index (χ3v) is 3.61. The molecule has 0 aliphatic rings. The van der Waals surface area contributed by atoms with Crippen molar-refractivity contribution in [1.29, 1.82) is 0 Å². The largest absolute Gasteiger partial charge is 0.499 e. The minimum atomic E-state index is -8.95. The van der Waals surface area contributed by atoms with Crippen LogP contribution in [0.2, 0.25) is 0 Å². The van der Waals surface area contributed by atoms with E-state index in [1.165, 1.54) is 0 Å². The van der Waals surface area contributed by atoms with Gasteiger partial charge in [-0.3, -0.25) is 0 Å². The van der Waals surface area contributed by atoms with Gasteiger partial charge in [-0.1, -0.05) is 0 Å². The number of halogens is 20. The molecule has 0 N–H and O–H groups in total. The van der Waals surface area contributed by atoms with Crippen LogP contribution in [0.25, 0.3) is 0 Å². The highest BCUT2D eigenvalue weighted by atomic mass is 32.1. The van der Waals surface area contributed by atoms with Gasteiger partial charge in [0.15, 0.2) is 0 Å². The minimum absolute atomic E-state index is 1.99. The molecule has 0 aliphatic carbocycles. The van der Waals surface area contributed by atoms with Crippen molar-refractivity contribution in [2.75, 3.05) is 0 Å². The van der Waals surface area contributed by atoms with Crippen molar-refractivity contribution in [1.82, 2.24) is 5.34 Å². The molecule has 0 aliphatic heterocycles. The van der Waals surface area contributed by atoms with Crippen LogP contribution in [0.5, 0.6) is 0 Å². The first-order valence-electron chi connectivity index (χ1n) is 6.36. The molecule has 0 rings (SSSR count). The first-order chi connectivity index (χ1) is 13.5. The Hall–Kier alpha value is -1.58. The quantitative estimate of drug-likeness (QED) is 0.0991. The lowest BCUT2D eigenvalue weighted by Crippen LogP contribution is -2.75. The zero-order valence-corrected chi connectivity index (χ0v) is 14.3. The molecule has 0 radical (unpaired) electrons. The van der Waals surface area contributed by atoms with Gasteiger partial charge < -0.3 is 0 Å². The molecular weight excluding hydrogens is 548 g/mol. The number of hydrogen-bond acceptors (Lipinski definition) is 0. The van der Waals surface area contributed by atoms with Gasteiger partial charge in [0.05, 0.1) is 0 Å². The molecule has 0 aromatic carbocycles.